The minimum Gasteiger partial charge on any atom is -0.459 e. The van der Waals surface area contributed by atoms with Crippen molar-refractivity contribution in [2.24, 2.45) is 0 Å². The summed E-state index contributed by atoms with van der Waals surface area (Å²) in [6.07, 6.45) is 5.39. The van der Waals surface area contributed by atoms with Crippen LogP contribution < -0.4 is 0 Å². The minimum absolute atomic E-state index is 0.0698. The van der Waals surface area contributed by atoms with Crippen LogP contribution in [-0.2, 0) is 16.2 Å². The van der Waals surface area contributed by atoms with E-state index in [-0.39, 0.29) is 24.3 Å². The minimum atomic E-state index is -0.217. The van der Waals surface area contributed by atoms with Gasteiger partial charge < -0.3 is 9.32 Å². The Labute approximate surface area is 151 Å². The lowest BCUT2D eigenvalue weighted by molar-refractivity contribution is -0.198. The first kappa shape index (κ1) is 16.8. The van der Waals surface area contributed by atoms with Crippen molar-refractivity contribution in [3.05, 3.63) is 41.6 Å². The van der Waals surface area contributed by atoms with Crippen molar-refractivity contribution in [2.45, 2.75) is 38.8 Å². The number of hydrogen-bond acceptors (Lipinski definition) is 5. The molecule has 8 nitrogen and oxygen atoms in total. The first-order valence-corrected chi connectivity index (χ1v) is 8.92. The van der Waals surface area contributed by atoms with Crippen molar-refractivity contribution in [3.8, 4) is 0 Å². The first-order chi connectivity index (χ1) is 12.6. The summed E-state index contributed by atoms with van der Waals surface area (Å²) < 4.78 is 7.20. The summed E-state index contributed by atoms with van der Waals surface area (Å²) in [6.45, 7) is 3.90. The summed E-state index contributed by atoms with van der Waals surface area (Å²) in [5, 5.41) is 5.80. The van der Waals surface area contributed by atoms with Gasteiger partial charge >= 0.3 is 0 Å². The average Bonchev–Trinajstić information content (AvgIpc) is 3.30. The largest absolute Gasteiger partial charge is 0.459 e. The Morgan fingerprint density at radius 2 is 2.19 bits per heavy atom. The van der Waals surface area contributed by atoms with E-state index in [1.54, 1.807) is 17.2 Å². The molecule has 2 aliphatic rings. The molecule has 0 aliphatic carbocycles. The highest BCUT2D eigenvalue weighted by Crippen LogP contribution is 2.26. The quantitative estimate of drug-likeness (QED) is 0.837. The first-order valence-electron chi connectivity index (χ1n) is 8.92. The Bertz CT molecular complexity index is 806. The molecule has 138 valence electrons. The van der Waals surface area contributed by atoms with Gasteiger partial charge in [0.2, 0.25) is 5.91 Å². The van der Waals surface area contributed by atoms with Crippen LogP contribution in [0.2, 0.25) is 0 Å². The van der Waals surface area contributed by atoms with Crippen LogP contribution >= 0.6 is 0 Å². The summed E-state index contributed by atoms with van der Waals surface area (Å²) in [7, 11) is 0. The molecule has 2 amide bonds. The van der Waals surface area contributed by atoms with Crippen LogP contribution in [0.1, 0.15) is 47.1 Å². The topological polar surface area (TPSA) is 80.8 Å². The van der Waals surface area contributed by atoms with E-state index < -0.39 is 0 Å². The van der Waals surface area contributed by atoms with E-state index >= 15 is 0 Å². The Morgan fingerprint density at radius 1 is 1.31 bits per heavy atom. The predicted molar refractivity (Wildman–Crippen MR) is 91.0 cm³/mol. The van der Waals surface area contributed by atoms with Gasteiger partial charge in [-0.15, -0.1) is 0 Å². The van der Waals surface area contributed by atoms with Gasteiger partial charge in [-0.25, -0.2) is 5.06 Å². The Morgan fingerprint density at radius 3 is 2.92 bits per heavy atom. The number of amides is 2. The molecule has 4 heterocycles. The summed E-state index contributed by atoms with van der Waals surface area (Å²) in [6, 6.07) is 3.44. The number of furan rings is 1. The molecule has 8 heteroatoms. The summed E-state index contributed by atoms with van der Waals surface area (Å²) in [5.41, 5.74) is 1.72. The molecule has 0 aromatic carbocycles. The van der Waals surface area contributed by atoms with Gasteiger partial charge in [0.15, 0.2) is 5.76 Å². The molecule has 1 atom stereocenters. The predicted octanol–water partition coefficient (Wildman–Crippen LogP) is 1.93. The molecular weight excluding hydrogens is 336 g/mol. The van der Waals surface area contributed by atoms with E-state index in [0.29, 0.717) is 32.0 Å². The lowest BCUT2D eigenvalue weighted by Crippen LogP contribution is -2.44. The van der Waals surface area contributed by atoms with Gasteiger partial charge in [-0.1, -0.05) is 0 Å². The Kier molecular flexibility index (Phi) is 4.50. The highest BCUT2D eigenvalue weighted by molar-refractivity contribution is 5.93. The van der Waals surface area contributed by atoms with Crippen molar-refractivity contribution < 1.29 is 18.8 Å². The zero-order valence-electron chi connectivity index (χ0n) is 14.8. The van der Waals surface area contributed by atoms with Gasteiger partial charge in [-0.2, -0.15) is 5.10 Å². The van der Waals surface area contributed by atoms with Gasteiger partial charge in [-0.05, 0) is 31.9 Å². The van der Waals surface area contributed by atoms with Crippen LogP contribution in [0.15, 0.2) is 29.0 Å². The van der Waals surface area contributed by atoms with E-state index in [2.05, 4.69) is 5.10 Å². The molecule has 4 rings (SSSR count). The molecule has 2 aromatic heterocycles. The maximum Gasteiger partial charge on any atom is 0.290 e. The molecule has 2 aromatic rings. The molecule has 0 unspecified atom stereocenters. The fourth-order valence-corrected chi connectivity index (χ4v) is 3.53. The third kappa shape index (κ3) is 3.12. The highest BCUT2D eigenvalue weighted by Gasteiger charge is 2.33. The molecule has 0 radical (unpaired) electrons. The number of hydroxylamine groups is 2. The van der Waals surface area contributed by atoms with Crippen molar-refractivity contribution >= 4 is 11.8 Å². The van der Waals surface area contributed by atoms with Gasteiger partial charge in [0.25, 0.3) is 5.91 Å². The van der Waals surface area contributed by atoms with Crippen molar-refractivity contribution in [2.75, 3.05) is 19.7 Å². The molecule has 26 heavy (non-hydrogen) atoms. The van der Waals surface area contributed by atoms with Crippen LogP contribution in [0, 0.1) is 6.92 Å². The molecule has 0 saturated carbocycles. The molecule has 1 saturated heterocycles. The number of hydrogen-bond donors (Lipinski definition) is 0. The lowest BCUT2D eigenvalue weighted by Gasteiger charge is -2.34. The van der Waals surface area contributed by atoms with Gasteiger partial charge in [0.1, 0.15) is 0 Å². The molecule has 0 N–H and O–H groups in total. The monoisotopic (exact) mass is 358 g/mol. The number of carbonyl (C=O) groups is 2. The second-order valence-electron chi connectivity index (χ2n) is 6.78. The van der Waals surface area contributed by atoms with E-state index in [4.69, 9.17) is 9.25 Å². The zero-order valence-corrected chi connectivity index (χ0v) is 14.8. The van der Waals surface area contributed by atoms with Gasteiger partial charge in [-0.3, -0.25) is 19.1 Å². The third-order valence-corrected chi connectivity index (χ3v) is 4.92. The maximum atomic E-state index is 12.8. The number of fused-ring (bicyclic) bond motifs is 1. The van der Waals surface area contributed by atoms with E-state index in [1.807, 2.05) is 17.7 Å². The number of aryl methyl sites for hydroxylation is 1. The highest BCUT2D eigenvalue weighted by atomic mass is 16.7. The van der Waals surface area contributed by atoms with E-state index in [0.717, 1.165) is 24.1 Å². The van der Waals surface area contributed by atoms with Crippen LogP contribution in [0.3, 0.4) is 0 Å². The average molecular weight is 358 g/mol. The van der Waals surface area contributed by atoms with Gasteiger partial charge in [0.05, 0.1) is 37.6 Å². The molecular formula is C18H22N4O4. The molecule has 0 bridgehead atoms. The second-order valence-corrected chi connectivity index (χ2v) is 6.78. The van der Waals surface area contributed by atoms with E-state index in [1.165, 1.54) is 11.3 Å². The normalized spacial score (nSPS) is 20.1. The summed E-state index contributed by atoms with van der Waals surface area (Å²) >= 11 is 0. The maximum absolute atomic E-state index is 12.8. The fraction of sp³-hybridized carbons (Fsp3) is 0.500. The molecule has 2 aliphatic heterocycles. The summed E-state index contributed by atoms with van der Waals surface area (Å²) in [5.74, 6) is 0.119. The number of aromatic nitrogens is 2. The third-order valence-electron chi connectivity index (χ3n) is 4.92. The Hall–Kier alpha value is -2.61. The molecule has 1 fully saturated rings. The van der Waals surface area contributed by atoms with Crippen LogP contribution in [0.5, 0.6) is 0 Å². The van der Waals surface area contributed by atoms with Crippen LogP contribution in [0.4, 0.5) is 0 Å². The zero-order chi connectivity index (χ0) is 18.1. The fourth-order valence-electron chi connectivity index (χ4n) is 3.53. The SMILES string of the molecule is Cc1ccoc1C(=O)N1Cc2ccnn2[C@@H](CC(=O)N2CCCCO2)C1. The standard InChI is InChI=1S/C18H22N4O4/c1-13-5-9-25-17(13)18(24)20-11-14-4-6-19-22(14)15(12-20)10-16(23)21-7-2-3-8-26-21/h4-6,9,15H,2-3,7-8,10-12H2,1H3/t15-/m0/s1. The van der Waals surface area contributed by atoms with Crippen molar-refractivity contribution in [1.82, 2.24) is 19.7 Å². The van der Waals surface area contributed by atoms with Crippen LogP contribution in [-0.4, -0.2) is 51.3 Å². The number of nitrogens with zero attached hydrogens (tertiary/aromatic N) is 4. The second kappa shape index (κ2) is 6.95. The number of rotatable bonds is 3. The lowest BCUT2D eigenvalue weighted by atomic mass is 10.1. The number of carbonyl (C=O) groups excluding carboxylic acids is 2. The van der Waals surface area contributed by atoms with E-state index in [9.17, 15) is 9.59 Å². The van der Waals surface area contributed by atoms with Crippen molar-refractivity contribution in [3.63, 3.8) is 0 Å². The van der Waals surface area contributed by atoms with Crippen molar-refractivity contribution in [1.29, 1.82) is 0 Å². The summed E-state index contributed by atoms with van der Waals surface area (Å²) in [4.78, 5) is 32.6. The van der Waals surface area contributed by atoms with Gasteiger partial charge in [0, 0.05) is 24.8 Å². The smallest absolute Gasteiger partial charge is 0.290 e. The van der Waals surface area contributed by atoms with Crippen LogP contribution in [0.25, 0.3) is 0 Å². The Balaban J connectivity index is 1.52. The molecule has 0 spiro atoms.